The minimum atomic E-state index is 1.06. The van der Waals surface area contributed by atoms with Gasteiger partial charge in [0.2, 0.25) is 0 Å². The van der Waals surface area contributed by atoms with Gasteiger partial charge in [0.25, 0.3) is 0 Å². The summed E-state index contributed by atoms with van der Waals surface area (Å²) in [6.07, 6.45) is 1.06. The van der Waals surface area contributed by atoms with E-state index < -0.39 is 0 Å². The SMILES string of the molecule is Cc1ccc(Cc2ccsc2)cc1C. The van der Waals surface area contributed by atoms with Crippen molar-refractivity contribution in [1.29, 1.82) is 0 Å². The zero-order valence-corrected chi connectivity index (χ0v) is 9.40. The Balaban J connectivity index is 2.22. The van der Waals surface area contributed by atoms with Crippen molar-refractivity contribution >= 4 is 11.3 Å². The summed E-state index contributed by atoms with van der Waals surface area (Å²) in [4.78, 5) is 0. The van der Waals surface area contributed by atoms with Gasteiger partial charge in [-0.05, 0) is 59.3 Å². The molecular weight excluding hydrogens is 188 g/mol. The molecule has 0 fully saturated rings. The highest BCUT2D eigenvalue weighted by Gasteiger charge is 1.98. The smallest absolute Gasteiger partial charge is 0.00174 e. The molecule has 1 aromatic carbocycles. The first-order valence-corrected chi connectivity index (χ1v) is 5.77. The van der Waals surface area contributed by atoms with Crippen molar-refractivity contribution in [3.63, 3.8) is 0 Å². The second kappa shape index (κ2) is 3.97. The van der Waals surface area contributed by atoms with E-state index in [9.17, 15) is 0 Å². The quantitative estimate of drug-likeness (QED) is 0.691. The number of thiophene rings is 1. The lowest BCUT2D eigenvalue weighted by atomic mass is 10.0. The fourth-order valence-corrected chi connectivity index (χ4v) is 2.21. The molecule has 0 atom stereocenters. The Morgan fingerprint density at radius 2 is 1.86 bits per heavy atom. The predicted molar refractivity (Wildman–Crippen MR) is 63.0 cm³/mol. The molecule has 2 aromatic rings. The van der Waals surface area contributed by atoms with Crippen LogP contribution in [-0.2, 0) is 6.42 Å². The Morgan fingerprint density at radius 1 is 1.00 bits per heavy atom. The number of hydrogen-bond donors (Lipinski definition) is 0. The van der Waals surface area contributed by atoms with E-state index in [2.05, 4.69) is 48.9 Å². The molecule has 0 aliphatic rings. The third kappa shape index (κ3) is 2.05. The van der Waals surface area contributed by atoms with Crippen molar-refractivity contribution in [1.82, 2.24) is 0 Å². The molecule has 0 radical (unpaired) electrons. The van der Waals surface area contributed by atoms with Crippen molar-refractivity contribution in [3.8, 4) is 0 Å². The van der Waals surface area contributed by atoms with Crippen LogP contribution in [0.2, 0.25) is 0 Å². The summed E-state index contributed by atoms with van der Waals surface area (Å²) in [5, 5.41) is 4.35. The van der Waals surface area contributed by atoms with E-state index in [0.29, 0.717) is 0 Å². The van der Waals surface area contributed by atoms with E-state index in [0.717, 1.165) is 6.42 Å². The minimum absolute atomic E-state index is 1.06. The standard InChI is InChI=1S/C13H14S/c1-10-3-4-12(7-11(10)2)8-13-5-6-14-9-13/h3-7,9H,8H2,1-2H3. The van der Waals surface area contributed by atoms with Crippen LogP contribution >= 0.6 is 11.3 Å². The van der Waals surface area contributed by atoms with Crippen LogP contribution in [-0.4, -0.2) is 0 Å². The van der Waals surface area contributed by atoms with Gasteiger partial charge in [0, 0.05) is 0 Å². The molecule has 0 saturated heterocycles. The van der Waals surface area contributed by atoms with Gasteiger partial charge in [0.15, 0.2) is 0 Å². The van der Waals surface area contributed by atoms with Gasteiger partial charge in [-0.2, -0.15) is 11.3 Å². The van der Waals surface area contributed by atoms with Gasteiger partial charge in [-0.15, -0.1) is 0 Å². The Bertz CT molecular complexity index is 413. The van der Waals surface area contributed by atoms with Gasteiger partial charge >= 0.3 is 0 Å². The molecule has 2 rings (SSSR count). The first-order chi connectivity index (χ1) is 6.75. The van der Waals surface area contributed by atoms with Gasteiger partial charge in [-0.1, -0.05) is 18.2 Å². The van der Waals surface area contributed by atoms with Crippen LogP contribution in [0.1, 0.15) is 22.3 Å². The average molecular weight is 202 g/mol. The molecule has 1 aromatic heterocycles. The van der Waals surface area contributed by atoms with Crippen LogP contribution in [0.25, 0.3) is 0 Å². The second-order valence-electron chi connectivity index (χ2n) is 3.73. The summed E-state index contributed by atoms with van der Waals surface area (Å²) in [6, 6.07) is 8.91. The lowest BCUT2D eigenvalue weighted by Gasteiger charge is -2.03. The second-order valence-corrected chi connectivity index (χ2v) is 4.51. The number of hydrogen-bond acceptors (Lipinski definition) is 1. The first kappa shape index (κ1) is 9.47. The fraction of sp³-hybridized carbons (Fsp3) is 0.231. The zero-order valence-electron chi connectivity index (χ0n) is 8.58. The Morgan fingerprint density at radius 3 is 2.50 bits per heavy atom. The van der Waals surface area contributed by atoms with Crippen LogP contribution in [0.4, 0.5) is 0 Å². The Kier molecular flexibility index (Phi) is 2.69. The topological polar surface area (TPSA) is 0 Å². The van der Waals surface area contributed by atoms with Crippen LogP contribution in [0.15, 0.2) is 35.0 Å². The minimum Gasteiger partial charge on any atom is -0.152 e. The highest BCUT2D eigenvalue weighted by Crippen LogP contribution is 2.15. The summed E-state index contributed by atoms with van der Waals surface area (Å²) in [6.45, 7) is 4.33. The molecular formula is C13H14S. The number of rotatable bonds is 2. The van der Waals surface area contributed by atoms with E-state index >= 15 is 0 Å². The third-order valence-electron chi connectivity index (χ3n) is 2.56. The largest absolute Gasteiger partial charge is 0.152 e. The highest BCUT2D eigenvalue weighted by atomic mass is 32.1. The molecule has 0 amide bonds. The molecule has 72 valence electrons. The van der Waals surface area contributed by atoms with Gasteiger partial charge in [-0.3, -0.25) is 0 Å². The molecule has 0 spiro atoms. The lowest BCUT2D eigenvalue weighted by molar-refractivity contribution is 1.18. The summed E-state index contributed by atoms with van der Waals surface area (Å²) < 4.78 is 0. The van der Waals surface area contributed by atoms with Crippen molar-refractivity contribution in [3.05, 3.63) is 57.3 Å². The normalized spacial score (nSPS) is 10.4. The molecule has 14 heavy (non-hydrogen) atoms. The van der Waals surface area contributed by atoms with Gasteiger partial charge in [-0.25, -0.2) is 0 Å². The predicted octanol–water partition coefficient (Wildman–Crippen LogP) is 3.96. The van der Waals surface area contributed by atoms with Crippen LogP contribution in [0, 0.1) is 13.8 Å². The highest BCUT2D eigenvalue weighted by molar-refractivity contribution is 7.07. The van der Waals surface area contributed by atoms with Crippen LogP contribution in [0.5, 0.6) is 0 Å². The van der Waals surface area contributed by atoms with Crippen molar-refractivity contribution in [2.24, 2.45) is 0 Å². The molecule has 0 N–H and O–H groups in total. The van der Waals surface area contributed by atoms with E-state index in [-0.39, 0.29) is 0 Å². The number of aryl methyl sites for hydroxylation is 2. The van der Waals surface area contributed by atoms with Gasteiger partial charge < -0.3 is 0 Å². The Labute approximate surface area is 89.2 Å². The van der Waals surface area contributed by atoms with Crippen molar-refractivity contribution < 1.29 is 0 Å². The third-order valence-corrected chi connectivity index (χ3v) is 3.29. The van der Waals surface area contributed by atoms with Crippen LogP contribution in [0.3, 0.4) is 0 Å². The zero-order chi connectivity index (χ0) is 9.97. The molecule has 0 unspecified atom stereocenters. The molecule has 0 nitrogen and oxygen atoms in total. The maximum Gasteiger partial charge on any atom is -0.00174 e. The average Bonchev–Trinajstić information content (AvgIpc) is 2.64. The van der Waals surface area contributed by atoms with E-state index in [1.54, 1.807) is 11.3 Å². The summed E-state index contributed by atoms with van der Waals surface area (Å²) in [5.41, 5.74) is 5.58. The molecule has 1 heterocycles. The number of benzene rings is 1. The van der Waals surface area contributed by atoms with Gasteiger partial charge in [0.1, 0.15) is 0 Å². The molecule has 0 aliphatic heterocycles. The van der Waals surface area contributed by atoms with E-state index in [4.69, 9.17) is 0 Å². The van der Waals surface area contributed by atoms with Gasteiger partial charge in [0.05, 0.1) is 0 Å². The molecule has 0 bridgehead atoms. The fourth-order valence-electron chi connectivity index (χ4n) is 1.54. The first-order valence-electron chi connectivity index (χ1n) is 4.83. The maximum atomic E-state index is 2.28. The molecule has 0 aliphatic carbocycles. The maximum absolute atomic E-state index is 2.28. The summed E-state index contributed by atoms with van der Waals surface area (Å²) in [7, 11) is 0. The van der Waals surface area contributed by atoms with E-state index in [1.807, 2.05) is 0 Å². The summed E-state index contributed by atoms with van der Waals surface area (Å²) in [5.74, 6) is 0. The van der Waals surface area contributed by atoms with E-state index in [1.165, 1.54) is 22.3 Å². The molecule has 1 heteroatoms. The molecule has 0 saturated carbocycles. The van der Waals surface area contributed by atoms with Crippen LogP contribution < -0.4 is 0 Å². The lowest BCUT2D eigenvalue weighted by Crippen LogP contribution is -1.88. The van der Waals surface area contributed by atoms with Crippen molar-refractivity contribution in [2.75, 3.05) is 0 Å². The summed E-state index contributed by atoms with van der Waals surface area (Å²) >= 11 is 1.77. The van der Waals surface area contributed by atoms with Crippen molar-refractivity contribution in [2.45, 2.75) is 20.3 Å². The monoisotopic (exact) mass is 202 g/mol. The Hall–Kier alpha value is -1.08.